The lowest BCUT2D eigenvalue weighted by Crippen LogP contribution is -2.18. The second-order valence-electron chi connectivity index (χ2n) is 3.29. The van der Waals surface area contributed by atoms with E-state index in [0.717, 1.165) is 37.1 Å². The molecule has 0 spiro atoms. The summed E-state index contributed by atoms with van der Waals surface area (Å²) in [6.07, 6.45) is 6.26. The molecule has 0 saturated carbocycles. The fourth-order valence-electron chi connectivity index (χ4n) is 1.63. The first-order chi connectivity index (χ1) is 6.40. The Bertz CT molecular complexity index is 268. The Morgan fingerprint density at radius 2 is 2.31 bits per heavy atom. The van der Waals surface area contributed by atoms with Gasteiger partial charge in [0, 0.05) is 30.8 Å². The highest BCUT2D eigenvalue weighted by atomic mass is 79.9. The molecule has 2 rings (SSSR count). The fraction of sp³-hybridized carbons (Fsp3) is 0.667. The van der Waals surface area contributed by atoms with Gasteiger partial charge in [-0.15, -0.1) is 0 Å². The monoisotopic (exact) mass is 244 g/mol. The molecular formula is C9H13BrN2O. The summed E-state index contributed by atoms with van der Waals surface area (Å²) in [5.41, 5.74) is 1.10. The van der Waals surface area contributed by atoms with Crippen molar-refractivity contribution in [2.24, 2.45) is 0 Å². The SMILES string of the molecule is BrCc1cn(C2CCOCC2)cn1. The maximum absolute atomic E-state index is 5.31. The first kappa shape index (κ1) is 9.21. The van der Waals surface area contributed by atoms with E-state index in [1.165, 1.54) is 0 Å². The van der Waals surface area contributed by atoms with Gasteiger partial charge in [0.25, 0.3) is 0 Å². The molecule has 0 amide bonds. The van der Waals surface area contributed by atoms with Crippen LogP contribution in [-0.4, -0.2) is 22.8 Å². The number of hydrogen-bond donors (Lipinski definition) is 0. The number of halogens is 1. The van der Waals surface area contributed by atoms with Crippen LogP contribution in [0.3, 0.4) is 0 Å². The van der Waals surface area contributed by atoms with Crippen LogP contribution in [0.5, 0.6) is 0 Å². The molecule has 0 radical (unpaired) electrons. The van der Waals surface area contributed by atoms with E-state index in [2.05, 4.69) is 31.7 Å². The van der Waals surface area contributed by atoms with Gasteiger partial charge in [0.1, 0.15) is 0 Å². The number of alkyl halides is 1. The second-order valence-corrected chi connectivity index (χ2v) is 3.85. The van der Waals surface area contributed by atoms with Crippen molar-refractivity contribution >= 4 is 15.9 Å². The number of rotatable bonds is 2. The van der Waals surface area contributed by atoms with Gasteiger partial charge in [-0.3, -0.25) is 0 Å². The topological polar surface area (TPSA) is 27.1 Å². The third kappa shape index (κ3) is 2.11. The van der Waals surface area contributed by atoms with Crippen LogP contribution in [0.25, 0.3) is 0 Å². The Morgan fingerprint density at radius 1 is 1.54 bits per heavy atom. The van der Waals surface area contributed by atoms with Gasteiger partial charge in [0.15, 0.2) is 0 Å². The molecule has 3 nitrogen and oxygen atoms in total. The highest BCUT2D eigenvalue weighted by molar-refractivity contribution is 9.08. The number of nitrogens with zero attached hydrogens (tertiary/aromatic N) is 2. The third-order valence-corrected chi connectivity index (χ3v) is 2.98. The normalized spacial score (nSPS) is 19.2. The third-order valence-electron chi connectivity index (χ3n) is 2.40. The summed E-state index contributed by atoms with van der Waals surface area (Å²) in [5, 5.41) is 0.837. The molecule has 1 aliphatic rings. The van der Waals surface area contributed by atoms with Crippen molar-refractivity contribution < 1.29 is 4.74 Å². The summed E-state index contributed by atoms with van der Waals surface area (Å²) in [7, 11) is 0. The molecule has 0 atom stereocenters. The molecule has 13 heavy (non-hydrogen) atoms. The van der Waals surface area contributed by atoms with E-state index in [4.69, 9.17) is 4.74 Å². The maximum atomic E-state index is 5.31. The Balaban J connectivity index is 2.05. The Labute approximate surface area is 86.2 Å². The zero-order valence-electron chi connectivity index (χ0n) is 7.45. The predicted molar refractivity (Wildman–Crippen MR) is 53.9 cm³/mol. The molecule has 0 aromatic carbocycles. The van der Waals surface area contributed by atoms with E-state index in [-0.39, 0.29) is 0 Å². The van der Waals surface area contributed by atoms with Crippen molar-refractivity contribution in [2.75, 3.05) is 13.2 Å². The van der Waals surface area contributed by atoms with Crippen LogP contribution in [0.15, 0.2) is 12.5 Å². The van der Waals surface area contributed by atoms with Crippen molar-refractivity contribution in [2.45, 2.75) is 24.2 Å². The van der Waals surface area contributed by atoms with Crippen LogP contribution in [0.1, 0.15) is 24.6 Å². The van der Waals surface area contributed by atoms with Gasteiger partial charge in [-0.1, -0.05) is 15.9 Å². The summed E-state index contributed by atoms with van der Waals surface area (Å²) in [5.74, 6) is 0. The molecule has 0 N–H and O–H groups in total. The summed E-state index contributed by atoms with van der Waals surface area (Å²) < 4.78 is 7.52. The Hall–Kier alpha value is -0.350. The standard InChI is InChI=1S/C9H13BrN2O/c10-5-8-6-12(7-11-8)9-1-3-13-4-2-9/h6-7,9H,1-5H2. The lowest BCUT2D eigenvalue weighted by molar-refractivity contribution is 0.0695. The molecule has 1 aromatic rings. The summed E-state index contributed by atoms with van der Waals surface area (Å²) in [6, 6.07) is 0.592. The molecule has 0 aliphatic carbocycles. The van der Waals surface area contributed by atoms with Gasteiger partial charge in [-0.05, 0) is 12.8 Å². The molecule has 4 heteroatoms. The molecule has 1 fully saturated rings. The Morgan fingerprint density at radius 3 is 2.92 bits per heavy atom. The Kier molecular flexibility index (Phi) is 3.01. The van der Waals surface area contributed by atoms with Gasteiger partial charge < -0.3 is 9.30 Å². The van der Waals surface area contributed by atoms with Gasteiger partial charge in [0.05, 0.1) is 12.0 Å². The van der Waals surface area contributed by atoms with Crippen LogP contribution in [-0.2, 0) is 10.1 Å². The number of hydrogen-bond acceptors (Lipinski definition) is 2. The van der Waals surface area contributed by atoms with Crippen LogP contribution < -0.4 is 0 Å². The van der Waals surface area contributed by atoms with Crippen molar-refractivity contribution in [3.05, 3.63) is 18.2 Å². The van der Waals surface area contributed by atoms with E-state index in [1.54, 1.807) is 0 Å². The number of aromatic nitrogens is 2. The largest absolute Gasteiger partial charge is 0.381 e. The van der Waals surface area contributed by atoms with E-state index in [1.807, 2.05) is 6.33 Å². The lowest BCUT2D eigenvalue weighted by Gasteiger charge is -2.22. The van der Waals surface area contributed by atoms with Crippen molar-refractivity contribution in [1.82, 2.24) is 9.55 Å². The van der Waals surface area contributed by atoms with Crippen LogP contribution in [0.4, 0.5) is 0 Å². The fourth-order valence-corrected chi connectivity index (χ4v) is 1.92. The second kappa shape index (κ2) is 4.24. The number of imidazole rings is 1. The van der Waals surface area contributed by atoms with Gasteiger partial charge in [-0.2, -0.15) is 0 Å². The zero-order valence-corrected chi connectivity index (χ0v) is 9.03. The minimum Gasteiger partial charge on any atom is -0.381 e. The van der Waals surface area contributed by atoms with Gasteiger partial charge >= 0.3 is 0 Å². The summed E-state index contributed by atoms with van der Waals surface area (Å²) in [4.78, 5) is 4.29. The van der Waals surface area contributed by atoms with E-state index >= 15 is 0 Å². The van der Waals surface area contributed by atoms with Crippen LogP contribution in [0, 0.1) is 0 Å². The van der Waals surface area contributed by atoms with Crippen molar-refractivity contribution in [1.29, 1.82) is 0 Å². The van der Waals surface area contributed by atoms with E-state index in [0.29, 0.717) is 6.04 Å². The highest BCUT2D eigenvalue weighted by Crippen LogP contribution is 2.20. The zero-order chi connectivity index (χ0) is 9.10. The first-order valence-corrected chi connectivity index (χ1v) is 5.68. The average molecular weight is 245 g/mol. The van der Waals surface area contributed by atoms with Crippen LogP contribution >= 0.6 is 15.9 Å². The van der Waals surface area contributed by atoms with Crippen LogP contribution in [0.2, 0.25) is 0 Å². The molecular weight excluding hydrogens is 232 g/mol. The molecule has 1 aromatic heterocycles. The lowest BCUT2D eigenvalue weighted by atomic mass is 10.1. The summed E-state index contributed by atoms with van der Waals surface area (Å²) in [6.45, 7) is 1.76. The van der Waals surface area contributed by atoms with Gasteiger partial charge in [0.2, 0.25) is 0 Å². The predicted octanol–water partition coefficient (Wildman–Crippen LogP) is 2.13. The smallest absolute Gasteiger partial charge is 0.0952 e. The quantitative estimate of drug-likeness (QED) is 0.746. The average Bonchev–Trinajstić information content (AvgIpc) is 2.67. The van der Waals surface area contributed by atoms with E-state index < -0.39 is 0 Å². The minimum atomic E-state index is 0.592. The summed E-state index contributed by atoms with van der Waals surface area (Å²) >= 11 is 3.39. The van der Waals surface area contributed by atoms with Crippen molar-refractivity contribution in [3.63, 3.8) is 0 Å². The molecule has 72 valence electrons. The molecule has 1 aliphatic heterocycles. The first-order valence-electron chi connectivity index (χ1n) is 4.56. The molecule has 0 unspecified atom stereocenters. The highest BCUT2D eigenvalue weighted by Gasteiger charge is 2.15. The van der Waals surface area contributed by atoms with E-state index in [9.17, 15) is 0 Å². The van der Waals surface area contributed by atoms with Crippen molar-refractivity contribution in [3.8, 4) is 0 Å². The number of ether oxygens (including phenoxy) is 1. The molecule has 2 heterocycles. The molecule has 0 bridgehead atoms. The molecule has 1 saturated heterocycles. The minimum absolute atomic E-state index is 0.592. The van der Waals surface area contributed by atoms with Gasteiger partial charge in [-0.25, -0.2) is 4.98 Å². The maximum Gasteiger partial charge on any atom is 0.0952 e.